The van der Waals surface area contributed by atoms with Crippen LogP contribution in [0, 0.1) is 10.1 Å². The molecule has 1 aromatic carbocycles. The molecule has 0 saturated heterocycles. The van der Waals surface area contributed by atoms with Crippen molar-refractivity contribution in [1.29, 1.82) is 0 Å². The second-order valence-corrected chi connectivity index (χ2v) is 6.00. The minimum absolute atomic E-state index is 0.00201. The predicted molar refractivity (Wildman–Crippen MR) is 95.8 cm³/mol. The zero-order chi connectivity index (χ0) is 19.6. The average molecular weight is 397 g/mol. The Morgan fingerprint density at radius 2 is 2.22 bits per heavy atom. The molecule has 1 unspecified atom stereocenters. The quantitative estimate of drug-likeness (QED) is 0.416. The zero-order valence-electron chi connectivity index (χ0n) is 14.7. The van der Waals surface area contributed by atoms with Gasteiger partial charge in [0.05, 0.1) is 34.2 Å². The lowest BCUT2D eigenvalue weighted by Gasteiger charge is -2.26. The molecule has 9 nitrogen and oxygen atoms in total. The van der Waals surface area contributed by atoms with Gasteiger partial charge >= 0.3 is 11.7 Å². The van der Waals surface area contributed by atoms with Crippen LogP contribution >= 0.6 is 11.6 Å². The van der Waals surface area contributed by atoms with E-state index in [0.29, 0.717) is 6.61 Å². The molecule has 2 aromatic rings. The van der Waals surface area contributed by atoms with E-state index in [4.69, 9.17) is 30.5 Å². The maximum absolute atomic E-state index is 12.0. The Hall–Kier alpha value is -2.65. The number of hydrogen-bond acceptors (Lipinski definition) is 8. The standard InChI is InChI=1S/C17H17ClN2O7/c1-3-24-7-9-8-26-16-12(27-9)5-11-13(15(16)20(22)23)14(18)10(6-19-11)17(21)25-4-2/h5-6,9H,3-4,7-8H2,1-2H3. The highest BCUT2D eigenvalue weighted by molar-refractivity contribution is 6.39. The van der Waals surface area contributed by atoms with Gasteiger partial charge in [0.25, 0.3) is 0 Å². The minimum Gasteiger partial charge on any atom is -0.480 e. The van der Waals surface area contributed by atoms with Crippen LogP contribution in [0.4, 0.5) is 5.69 Å². The van der Waals surface area contributed by atoms with Gasteiger partial charge in [-0.3, -0.25) is 15.1 Å². The third-order valence-corrected chi connectivity index (χ3v) is 4.27. The summed E-state index contributed by atoms with van der Waals surface area (Å²) in [6, 6.07) is 1.50. The number of nitro benzene ring substituents is 1. The van der Waals surface area contributed by atoms with Crippen LogP contribution in [0.3, 0.4) is 0 Å². The molecule has 3 rings (SSSR count). The molecule has 0 fully saturated rings. The number of ether oxygens (including phenoxy) is 4. The van der Waals surface area contributed by atoms with E-state index in [1.807, 2.05) is 6.92 Å². The molecule has 0 bridgehead atoms. The summed E-state index contributed by atoms with van der Waals surface area (Å²) in [7, 11) is 0. The number of carbonyl (C=O) groups is 1. The topological polar surface area (TPSA) is 110 Å². The molecule has 0 saturated carbocycles. The third kappa shape index (κ3) is 3.60. The summed E-state index contributed by atoms with van der Waals surface area (Å²) in [5, 5.41) is 11.6. The molecule has 1 aromatic heterocycles. The van der Waals surface area contributed by atoms with Gasteiger partial charge in [-0.2, -0.15) is 0 Å². The van der Waals surface area contributed by atoms with Crippen LogP contribution < -0.4 is 9.47 Å². The molecule has 0 amide bonds. The van der Waals surface area contributed by atoms with Crippen molar-refractivity contribution >= 4 is 34.2 Å². The van der Waals surface area contributed by atoms with Crippen LogP contribution in [0.1, 0.15) is 24.2 Å². The number of hydrogen-bond donors (Lipinski definition) is 0. The van der Waals surface area contributed by atoms with E-state index in [2.05, 4.69) is 4.98 Å². The van der Waals surface area contributed by atoms with Crippen LogP contribution in [0.15, 0.2) is 12.3 Å². The smallest absolute Gasteiger partial charge is 0.341 e. The maximum Gasteiger partial charge on any atom is 0.341 e. The Morgan fingerprint density at radius 3 is 2.89 bits per heavy atom. The summed E-state index contributed by atoms with van der Waals surface area (Å²) in [5.74, 6) is -0.583. The lowest BCUT2D eigenvalue weighted by Crippen LogP contribution is -2.33. The molecular formula is C17H17ClN2O7. The number of esters is 1. The second-order valence-electron chi connectivity index (χ2n) is 5.62. The molecule has 0 aliphatic carbocycles. The Morgan fingerprint density at radius 1 is 1.44 bits per heavy atom. The number of carbonyl (C=O) groups excluding carboxylic acids is 1. The molecule has 0 N–H and O–H groups in total. The molecule has 1 aliphatic heterocycles. The summed E-state index contributed by atoms with van der Waals surface area (Å²) in [6.45, 7) is 4.52. The van der Waals surface area contributed by atoms with Gasteiger partial charge in [-0.25, -0.2) is 4.79 Å². The minimum atomic E-state index is -0.710. The van der Waals surface area contributed by atoms with Crippen molar-refractivity contribution in [1.82, 2.24) is 4.98 Å². The summed E-state index contributed by atoms with van der Waals surface area (Å²) in [4.78, 5) is 27.3. The fourth-order valence-corrected chi connectivity index (χ4v) is 3.04. The van der Waals surface area contributed by atoms with E-state index in [1.165, 1.54) is 12.3 Å². The highest BCUT2D eigenvalue weighted by Crippen LogP contribution is 2.47. The van der Waals surface area contributed by atoms with E-state index in [1.54, 1.807) is 6.92 Å². The third-order valence-electron chi connectivity index (χ3n) is 3.88. The SMILES string of the molecule is CCOCC1COc2c(cc3ncc(C(=O)OCC)c(Cl)c3c2[N+](=O)[O-])O1. The first-order valence-corrected chi connectivity index (χ1v) is 8.69. The maximum atomic E-state index is 12.0. The number of nitro groups is 1. The number of aromatic nitrogens is 1. The highest BCUT2D eigenvalue weighted by atomic mass is 35.5. The summed E-state index contributed by atoms with van der Waals surface area (Å²) >= 11 is 6.30. The molecule has 2 heterocycles. The second kappa shape index (κ2) is 7.93. The van der Waals surface area contributed by atoms with Gasteiger partial charge in [-0.15, -0.1) is 0 Å². The number of rotatable bonds is 6. The predicted octanol–water partition coefficient (Wildman–Crippen LogP) is 3.15. The summed E-state index contributed by atoms with van der Waals surface area (Å²) < 4.78 is 21.6. The molecule has 1 atom stereocenters. The van der Waals surface area contributed by atoms with Crippen molar-refractivity contribution < 1.29 is 28.7 Å². The molecule has 1 aliphatic rings. The lowest BCUT2D eigenvalue weighted by atomic mass is 10.1. The van der Waals surface area contributed by atoms with Crippen molar-refractivity contribution in [3.8, 4) is 11.5 Å². The van der Waals surface area contributed by atoms with Crippen molar-refractivity contribution in [2.24, 2.45) is 0 Å². The Balaban J connectivity index is 2.14. The van der Waals surface area contributed by atoms with Crippen LogP contribution in [0.2, 0.25) is 5.02 Å². The number of fused-ring (bicyclic) bond motifs is 2. The molecule has 144 valence electrons. The molecule has 0 radical (unpaired) electrons. The summed E-state index contributed by atoms with van der Waals surface area (Å²) in [6.07, 6.45) is 0.823. The van der Waals surface area contributed by atoms with Crippen molar-refractivity contribution in [3.63, 3.8) is 0 Å². The molecule has 27 heavy (non-hydrogen) atoms. The molecular weight excluding hydrogens is 380 g/mol. The van der Waals surface area contributed by atoms with E-state index < -0.39 is 22.7 Å². The van der Waals surface area contributed by atoms with E-state index in [0.717, 1.165) is 0 Å². The first kappa shape index (κ1) is 19.1. The first-order valence-electron chi connectivity index (χ1n) is 8.31. The van der Waals surface area contributed by atoms with Crippen LogP contribution in [0.5, 0.6) is 11.5 Å². The van der Waals surface area contributed by atoms with Gasteiger partial charge < -0.3 is 18.9 Å². The van der Waals surface area contributed by atoms with Gasteiger partial charge in [-0.05, 0) is 13.8 Å². The highest BCUT2D eigenvalue weighted by Gasteiger charge is 2.34. The largest absolute Gasteiger partial charge is 0.480 e. The number of halogens is 1. The van der Waals surface area contributed by atoms with E-state index in [9.17, 15) is 14.9 Å². The van der Waals surface area contributed by atoms with Crippen molar-refractivity contribution in [2.75, 3.05) is 26.4 Å². The Labute approximate surface area is 159 Å². The fourth-order valence-electron chi connectivity index (χ4n) is 2.73. The summed E-state index contributed by atoms with van der Waals surface area (Å²) in [5.41, 5.74) is -0.250. The van der Waals surface area contributed by atoms with E-state index in [-0.39, 0.29) is 52.8 Å². The number of benzene rings is 1. The van der Waals surface area contributed by atoms with Crippen LogP contribution in [0.25, 0.3) is 10.9 Å². The van der Waals surface area contributed by atoms with Crippen LogP contribution in [-0.4, -0.2) is 48.4 Å². The molecule has 0 spiro atoms. The van der Waals surface area contributed by atoms with Gasteiger partial charge in [-0.1, -0.05) is 11.6 Å². The monoisotopic (exact) mass is 396 g/mol. The van der Waals surface area contributed by atoms with Crippen molar-refractivity contribution in [3.05, 3.63) is 33.0 Å². The van der Waals surface area contributed by atoms with Gasteiger partial charge in [0.1, 0.15) is 12.0 Å². The van der Waals surface area contributed by atoms with E-state index >= 15 is 0 Å². The van der Waals surface area contributed by atoms with Gasteiger partial charge in [0.15, 0.2) is 11.9 Å². The lowest BCUT2D eigenvalue weighted by molar-refractivity contribution is -0.384. The van der Waals surface area contributed by atoms with Gasteiger partial charge in [0.2, 0.25) is 5.75 Å². The van der Waals surface area contributed by atoms with Gasteiger partial charge in [0, 0.05) is 18.9 Å². The number of nitrogens with zero attached hydrogens (tertiary/aromatic N) is 2. The van der Waals surface area contributed by atoms with Crippen molar-refractivity contribution in [2.45, 2.75) is 20.0 Å². The molecule has 10 heteroatoms. The fraction of sp³-hybridized carbons (Fsp3) is 0.412. The normalized spacial score (nSPS) is 15.6. The average Bonchev–Trinajstić information content (AvgIpc) is 2.64. The first-order chi connectivity index (χ1) is 13.0. The Bertz CT molecular complexity index is 903. The Kier molecular flexibility index (Phi) is 5.62. The number of pyridine rings is 1. The zero-order valence-corrected chi connectivity index (χ0v) is 15.4. The van der Waals surface area contributed by atoms with Crippen LogP contribution in [-0.2, 0) is 9.47 Å².